The lowest BCUT2D eigenvalue weighted by Crippen LogP contribution is -2.57. The Balaban J connectivity index is 3.46. The van der Waals surface area contributed by atoms with Gasteiger partial charge in [0.25, 0.3) is 0 Å². The van der Waals surface area contributed by atoms with Crippen molar-refractivity contribution in [3.63, 3.8) is 0 Å². The number of alkyl halides is 7. The van der Waals surface area contributed by atoms with Crippen molar-refractivity contribution < 1.29 is 44.7 Å². The zero-order valence-corrected chi connectivity index (χ0v) is 8.07. The lowest BCUT2D eigenvalue weighted by molar-refractivity contribution is -0.324. The first-order valence-electron chi connectivity index (χ1n) is 3.99. The van der Waals surface area contributed by atoms with E-state index in [0.717, 1.165) is 0 Å². The second-order valence-electron chi connectivity index (χ2n) is 3.16. The summed E-state index contributed by atoms with van der Waals surface area (Å²) in [5, 5.41) is -2.86. The molecule has 1 fully saturated rings. The summed E-state index contributed by atoms with van der Waals surface area (Å²) in [6, 6.07) is -6.23. The fourth-order valence-electron chi connectivity index (χ4n) is 1.20. The van der Waals surface area contributed by atoms with E-state index in [1.54, 1.807) is 0 Å². The molecule has 0 saturated carbocycles. The molecule has 0 spiro atoms. The van der Waals surface area contributed by atoms with Gasteiger partial charge in [-0.05, 0) is 5.12 Å². The summed E-state index contributed by atoms with van der Waals surface area (Å²) >= 11 is 0. The van der Waals surface area contributed by atoms with Gasteiger partial charge in [0.05, 0.1) is 6.26 Å². The van der Waals surface area contributed by atoms with Crippen molar-refractivity contribution in [2.75, 3.05) is 0 Å². The Kier molecular flexibility index (Phi) is 2.90. The van der Waals surface area contributed by atoms with Crippen LogP contribution in [0.5, 0.6) is 0 Å². The van der Waals surface area contributed by atoms with Crippen LogP contribution in [0.4, 0.5) is 35.2 Å². The van der Waals surface area contributed by atoms with Crippen LogP contribution in [0.1, 0.15) is 0 Å². The van der Waals surface area contributed by atoms with Crippen molar-refractivity contribution in [2.24, 2.45) is 0 Å². The number of nitrogens with zero attached hydrogens (tertiary/aromatic N) is 1. The van der Waals surface area contributed by atoms with Crippen LogP contribution < -0.4 is 0 Å². The largest absolute Gasteiger partial charge is 0.431 e. The van der Waals surface area contributed by atoms with Crippen LogP contribution in [0.3, 0.4) is 0 Å². The first-order valence-corrected chi connectivity index (χ1v) is 3.99. The molecule has 0 N–H and O–H groups in total. The topological polar surface area (TPSA) is 29.5 Å². The van der Waals surface area contributed by atoms with Gasteiger partial charge in [0.1, 0.15) is 0 Å². The number of ether oxygens (including phenoxy) is 1. The number of hydrogen-bond donors (Lipinski definition) is 0. The van der Waals surface area contributed by atoms with Crippen molar-refractivity contribution in [2.45, 2.75) is 23.7 Å². The van der Waals surface area contributed by atoms with E-state index in [0.29, 0.717) is 0 Å². The van der Waals surface area contributed by atoms with Gasteiger partial charge in [0.15, 0.2) is 0 Å². The van der Waals surface area contributed by atoms with Crippen LogP contribution in [-0.4, -0.2) is 34.8 Å². The van der Waals surface area contributed by atoms with E-state index in [1.807, 2.05) is 0 Å². The monoisotopic (exact) mass is 285 g/mol. The van der Waals surface area contributed by atoms with Gasteiger partial charge in [0.2, 0.25) is 0 Å². The van der Waals surface area contributed by atoms with Crippen LogP contribution in [0.25, 0.3) is 0 Å². The van der Waals surface area contributed by atoms with Crippen molar-refractivity contribution in [1.82, 2.24) is 5.12 Å². The minimum Gasteiger partial charge on any atom is -0.431 e. The summed E-state index contributed by atoms with van der Waals surface area (Å²) in [6.45, 7) is 2.58. The lowest BCUT2D eigenvalue weighted by Gasteiger charge is -2.25. The maximum atomic E-state index is 13.4. The third-order valence-corrected chi connectivity index (χ3v) is 2.17. The third kappa shape index (κ3) is 1.25. The van der Waals surface area contributed by atoms with E-state index in [4.69, 9.17) is 0 Å². The Morgan fingerprint density at radius 3 is 1.78 bits per heavy atom. The molecule has 0 aromatic carbocycles. The minimum atomic E-state index is -6.45. The van der Waals surface area contributed by atoms with E-state index < -0.39 is 34.8 Å². The molecule has 0 radical (unpaired) electrons. The van der Waals surface area contributed by atoms with Gasteiger partial charge >= 0.3 is 29.7 Å². The smallest absolute Gasteiger partial charge is 0.402 e. The van der Waals surface area contributed by atoms with E-state index in [1.165, 1.54) is 0 Å². The van der Waals surface area contributed by atoms with Crippen molar-refractivity contribution in [1.29, 1.82) is 0 Å². The Hall–Kier alpha value is -1.39. The SMILES string of the molecule is C=COC(=O)C1(F)N(F)C(F)(F)C(F)(F)C1(F)F. The molecule has 0 amide bonds. The molecule has 1 aliphatic rings. The van der Waals surface area contributed by atoms with Gasteiger partial charge in [-0.3, -0.25) is 0 Å². The minimum absolute atomic E-state index is 0.0117. The highest BCUT2D eigenvalue weighted by atomic mass is 19.4. The molecule has 0 bridgehead atoms. The molecule has 0 aromatic heterocycles. The number of hydrogen-bond acceptors (Lipinski definition) is 3. The predicted molar refractivity (Wildman–Crippen MR) is 37.9 cm³/mol. The fraction of sp³-hybridized carbons (Fsp3) is 0.571. The van der Waals surface area contributed by atoms with Crippen molar-refractivity contribution in [3.8, 4) is 0 Å². The van der Waals surface area contributed by atoms with Crippen LogP contribution >= 0.6 is 0 Å². The van der Waals surface area contributed by atoms with Crippen molar-refractivity contribution in [3.05, 3.63) is 12.8 Å². The second-order valence-corrected chi connectivity index (χ2v) is 3.16. The molecular formula is C7H3F8NO2. The number of carbonyl (C=O) groups is 1. The van der Waals surface area contributed by atoms with E-state index in [2.05, 4.69) is 11.3 Å². The van der Waals surface area contributed by atoms with Gasteiger partial charge in [-0.2, -0.15) is 26.3 Å². The highest BCUT2D eigenvalue weighted by molar-refractivity contribution is 5.82. The zero-order chi connectivity index (χ0) is 14.6. The first kappa shape index (κ1) is 14.7. The number of carbonyl (C=O) groups excluding carboxylic acids is 1. The maximum Gasteiger partial charge on any atom is 0.402 e. The Labute approximate surface area is 93.5 Å². The number of rotatable bonds is 2. The van der Waals surface area contributed by atoms with E-state index >= 15 is 0 Å². The molecule has 11 heteroatoms. The summed E-state index contributed by atoms with van der Waals surface area (Å²) in [5.41, 5.74) is 0. The standard InChI is InChI=1S/C7H3F8NO2/c1-2-18-3(17)4(8)5(9,10)6(11,12)7(13,14)16(4)15/h2H,1H2. The molecule has 1 aliphatic heterocycles. The number of halogens is 8. The molecule has 1 saturated heterocycles. The highest BCUT2D eigenvalue weighted by Gasteiger charge is 2.95. The van der Waals surface area contributed by atoms with Crippen LogP contribution in [0.15, 0.2) is 12.8 Å². The normalized spacial score (nSPS) is 33.1. The summed E-state index contributed by atoms with van der Waals surface area (Å²) in [4.78, 5) is 10.7. The zero-order valence-electron chi connectivity index (χ0n) is 8.07. The van der Waals surface area contributed by atoms with Crippen LogP contribution in [0, 0.1) is 0 Å². The van der Waals surface area contributed by atoms with Gasteiger partial charge in [0, 0.05) is 0 Å². The molecule has 1 atom stereocenters. The summed E-state index contributed by atoms with van der Waals surface area (Å²) in [7, 11) is 0. The second kappa shape index (κ2) is 3.56. The number of esters is 1. The van der Waals surface area contributed by atoms with E-state index in [-0.39, 0.29) is 6.26 Å². The molecule has 1 rings (SSSR count). The van der Waals surface area contributed by atoms with Gasteiger partial charge < -0.3 is 4.74 Å². The van der Waals surface area contributed by atoms with Crippen LogP contribution in [-0.2, 0) is 9.53 Å². The Bertz CT molecular complexity index is 397. The van der Waals surface area contributed by atoms with Crippen LogP contribution in [0.2, 0.25) is 0 Å². The Morgan fingerprint density at radius 1 is 1.06 bits per heavy atom. The molecule has 0 aliphatic carbocycles. The molecule has 3 nitrogen and oxygen atoms in total. The summed E-state index contributed by atoms with van der Waals surface area (Å²) < 4.78 is 105. The molecule has 104 valence electrons. The predicted octanol–water partition coefficient (Wildman–Crippen LogP) is 2.40. The first-order chi connectivity index (χ1) is 7.89. The maximum absolute atomic E-state index is 13.4. The van der Waals surface area contributed by atoms with Gasteiger partial charge in [-0.1, -0.05) is 6.58 Å². The van der Waals surface area contributed by atoms with Gasteiger partial charge in [-0.15, -0.1) is 4.48 Å². The summed E-state index contributed by atoms with van der Waals surface area (Å²) in [5.74, 6) is -21.5. The average molecular weight is 285 g/mol. The fourth-order valence-corrected chi connectivity index (χ4v) is 1.20. The Morgan fingerprint density at radius 2 is 1.50 bits per heavy atom. The quantitative estimate of drug-likeness (QED) is 0.256. The lowest BCUT2D eigenvalue weighted by atomic mass is 10.1. The molecule has 1 heterocycles. The third-order valence-electron chi connectivity index (χ3n) is 2.17. The molecular weight excluding hydrogens is 282 g/mol. The summed E-state index contributed by atoms with van der Waals surface area (Å²) in [6.07, 6.45) is -0.0117. The average Bonchev–Trinajstić information content (AvgIpc) is 2.31. The van der Waals surface area contributed by atoms with Crippen molar-refractivity contribution >= 4 is 5.97 Å². The highest BCUT2D eigenvalue weighted by Crippen LogP contribution is 2.62. The molecule has 18 heavy (non-hydrogen) atoms. The molecule has 0 aromatic rings. The molecule has 1 unspecified atom stereocenters. The van der Waals surface area contributed by atoms with Gasteiger partial charge in [-0.25, -0.2) is 9.18 Å². The van der Waals surface area contributed by atoms with E-state index in [9.17, 15) is 40.0 Å².